The zero-order chi connectivity index (χ0) is 19.5. The number of benzene rings is 2. The van der Waals surface area contributed by atoms with Crippen molar-refractivity contribution in [1.82, 2.24) is 5.32 Å². The van der Waals surface area contributed by atoms with Crippen LogP contribution in [0.3, 0.4) is 0 Å². The Labute approximate surface area is 157 Å². The van der Waals surface area contributed by atoms with Gasteiger partial charge in [0, 0.05) is 16.1 Å². The molecule has 2 aromatic rings. The number of hydrogen-bond acceptors (Lipinski definition) is 4. The summed E-state index contributed by atoms with van der Waals surface area (Å²) in [6.07, 6.45) is 0. The summed E-state index contributed by atoms with van der Waals surface area (Å²) in [6.45, 7) is 1.04. The van der Waals surface area contributed by atoms with Crippen LogP contribution in [0.4, 0.5) is 20.6 Å². The summed E-state index contributed by atoms with van der Waals surface area (Å²) in [4.78, 5) is 22.1. The molecule has 10 heteroatoms. The third-order valence-corrected chi connectivity index (χ3v) is 4.05. The Bertz CT molecular complexity index is 845. The maximum Gasteiger partial charge on any atom is 0.320 e. The van der Waals surface area contributed by atoms with Crippen LogP contribution in [-0.4, -0.2) is 22.7 Å². The monoisotopic (exact) mass is 401 g/mol. The van der Waals surface area contributed by atoms with Gasteiger partial charge in [-0.05, 0) is 36.8 Å². The van der Waals surface area contributed by atoms with Crippen molar-refractivity contribution in [3.05, 3.63) is 67.9 Å². The maximum atomic E-state index is 13.9. The van der Waals surface area contributed by atoms with Crippen LogP contribution in [0.5, 0.6) is 0 Å². The van der Waals surface area contributed by atoms with Crippen LogP contribution < -0.4 is 10.6 Å². The zero-order valence-electron chi connectivity index (χ0n) is 13.4. The summed E-state index contributed by atoms with van der Waals surface area (Å²) < 4.78 is 13.9. The molecule has 0 bridgehead atoms. The Morgan fingerprint density at radius 3 is 2.38 bits per heavy atom. The number of carbonyl (C=O) groups is 1. The molecular formula is C16H14Cl2FN3O4. The number of nitro groups is 1. The number of nitrogens with zero attached hydrogens (tertiary/aromatic N) is 1. The van der Waals surface area contributed by atoms with Crippen molar-refractivity contribution in [2.45, 2.75) is 12.5 Å². The van der Waals surface area contributed by atoms with Crippen LogP contribution in [0.25, 0.3) is 0 Å². The second-order valence-electron chi connectivity index (χ2n) is 5.65. The van der Waals surface area contributed by atoms with Gasteiger partial charge in [-0.3, -0.25) is 10.1 Å². The number of aliphatic hydroxyl groups is 1. The predicted octanol–water partition coefficient (Wildman–Crippen LogP) is 4.07. The molecule has 1 unspecified atom stereocenters. The number of nitro benzene ring substituents is 1. The molecular weight excluding hydrogens is 388 g/mol. The van der Waals surface area contributed by atoms with Gasteiger partial charge < -0.3 is 15.7 Å². The molecule has 0 fully saturated rings. The van der Waals surface area contributed by atoms with E-state index in [-0.39, 0.29) is 5.69 Å². The Kier molecular flexibility index (Phi) is 6.01. The van der Waals surface area contributed by atoms with E-state index < -0.39 is 34.6 Å². The van der Waals surface area contributed by atoms with Crippen LogP contribution >= 0.6 is 23.2 Å². The van der Waals surface area contributed by atoms with Gasteiger partial charge in [0.15, 0.2) is 5.82 Å². The molecule has 0 aliphatic heterocycles. The van der Waals surface area contributed by atoms with Crippen molar-refractivity contribution >= 4 is 40.6 Å². The Hall–Kier alpha value is -2.42. The molecule has 2 aromatic carbocycles. The number of carbonyl (C=O) groups excluding carboxylic acids is 1. The van der Waals surface area contributed by atoms with E-state index in [1.165, 1.54) is 25.1 Å². The van der Waals surface area contributed by atoms with Gasteiger partial charge in [0.1, 0.15) is 0 Å². The van der Waals surface area contributed by atoms with Crippen LogP contribution in [0.1, 0.15) is 12.5 Å². The number of non-ortho nitro benzene ring substituents is 1. The van der Waals surface area contributed by atoms with E-state index in [2.05, 4.69) is 10.6 Å². The molecule has 0 aliphatic carbocycles. The molecule has 0 saturated heterocycles. The number of amides is 2. The molecule has 0 heterocycles. The van der Waals surface area contributed by atoms with Crippen LogP contribution in [-0.2, 0) is 5.54 Å². The van der Waals surface area contributed by atoms with Crippen molar-refractivity contribution < 1.29 is 19.2 Å². The lowest BCUT2D eigenvalue weighted by Gasteiger charge is -2.29. The second kappa shape index (κ2) is 7.86. The topological polar surface area (TPSA) is 104 Å². The fourth-order valence-electron chi connectivity index (χ4n) is 2.20. The minimum absolute atomic E-state index is 0.252. The number of hydrogen-bond donors (Lipinski definition) is 3. The molecule has 0 saturated carbocycles. The standard InChI is InChI=1S/C16H14Cl2FN3O4/c1-16(8-23,9-4-10(17)6-11(18)5-9)21-15(24)20-14-3-2-12(22(25)26)7-13(14)19/h2-7,23H,8H2,1H3,(H2,20,21,24). The number of halogens is 3. The molecule has 26 heavy (non-hydrogen) atoms. The molecule has 1 atom stereocenters. The highest BCUT2D eigenvalue weighted by molar-refractivity contribution is 6.34. The summed E-state index contributed by atoms with van der Waals surface area (Å²) in [5, 5.41) is 25.7. The van der Waals surface area contributed by atoms with E-state index in [9.17, 15) is 24.4 Å². The molecule has 0 radical (unpaired) electrons. The lowest BCUT2D eigenvalue weighted by Crippen LogP contribution is -2.48. The summed E-state index contributed by atoms with van der Waals surface area (Å²) >= 11 is 11.9. The molecule has 0 aliphatic rings. The van der Waals surface area contributed by atoms with Gasteiger partial charge in [-0.2, -0.15) is 0 Å². The van der Waals surface area contributed by atoms with Crippen LogP contribution in [0, 0.1) is 15.9 Å². The number of anilines is 1. The average Bonchev–Trinajstić information content (AvgIpc) is 2.55. The fourth-order valence-corrected chi connectivity index (χ4v) is 2.72. The Morgan fingerprint density at radius 1 is 1.27 bits per heavy atom. The molecule has 7 nitrogen and oxygen atoms in total. The lowest BCUT2D eigenvalue weighted by molar-refractivity contribution is -0.385. The van der Waals surface area contributed by atoms with Crippen molar-refractivity contribution in [3.63, 3.8) is 0 Å². The quantitative estimate of drug-likeness (QED) is 0.518. The van der Waals surface area contributed by atoms with E-state index >= 15 is 0 Å². The van der Waals surface area contributed by atoms with Crippen LogP contribution in [0.15, 0.2) is 36.4 Å². The first-order chi connectivity index (χ1) is 12.1. The summed E-state index contributed by atoms with van der Waals surface area (Å²) in [7, 11) is 0. The predicted molar refractivity (Wildman–Crippen MR) is 96.1 cm³/mol. The van der Waals surface area contributed by atoms with E-state index in [4.69, 9.17) is 23.2 Å². The molecule has 2 amide bonds. The second-order valence-corrected chi connectivity index (χ2v) is 6.52. The smallest absolute Gasteiger partial charge is 0.320 e. The van der Waals surface area contributed by atoms with Crippen molar-refractivity contribution in [2.24, 2.45) is 0 Å². The molecule has 138 valence electrons. The minimum Gasteiger partial charge on any atom is -0.394 e. The third kappa shape index (κ3) is 4.60. The van der Waals surface area contributed by atoms with Gasteiger partial charge in [0.05, 0.1) is 28.8 Å². The summed E-state index contributed by atoms with van der Waals surface area (Å²) in [5.41, 5.74) is -1.51. The first kappa shape index (κ1) is 19.9. The van der Waals surface area contributed by atoms with Gasteiger partial charge in [0.2, 0.25) is 0 Å². The molecule has 2 rings (SSSR count). The summed E-state index contributed by atoms with van der Waals surface area (Å²) in [5.74, 6) is -0.967. The molecule has 0 aromatic heterocycles. The van der Waals surface area contributed by atoms with E-state index in [0.717, 1.165) is 12.1 Å². The van der Waals surface area contributed by atoms with Gasteiger partial charge in [-0.25, -0.2) is 9.18 Å². The lowest BCUT2D eigenvalue weighted by atomic mass is 9.93. The van der Waals surface area contributed by atoms with E-state index in [1.54, 1.807) is 0 Å². The average molecular weight is 402 g/mol. The van der Waals surface area contributed by atoms with Crippen molar-refractivity contribution in [1.29, 1.82) is 0 Å². The van der Waals surface area contributed by atoms with Gasteiger partial charge in [-0.1, -0.05) is 23.2 Å². The SMILES string of the molecule is CC(CO)(NC(=O)Nc1ccc([N+](=O)[O-])cc1F)c1cc(Cl)cc(Cl)c1. The van der Waals surface area contributed by atoms with Crippen LogP contribution in [0.2, 0.25) is 10.0 Å². The first-order valence-electron chi connectivity index (χ1n) is 7.25. The van der Waals surface area contributed by atoms with Gasteiger partial charge in [-0.15, -0.1) is 0 Å². The fraction of sp³-hybridized carbons (Fsp3) is 0.188. The zero-order valence-corrected chi connectivity index (χ0v) is 14.9. The largest absolute Gasteiger partial charge is 0.394 e. The number of urea groups is 1. The third-order valence-electron chi connectivity index (χ3n) is 3.62. The number of nitrogens with one attached hydrogen (secondary N) is 2. The molecule has 3 N–H and O–H groups in total. The highest BCUT2D eigenvalue weighted by Gasteiger charge is 2.29. The Balaban J connectivity index is 2.20. The van der Waals surface area contributed by atoms with Crippen molar-refractivity contribution in [3.8, 4) is 0 Å². The van der Waals surface area contributed by atoms with Gasteiger partial charge >= 0.3 is 6.03 Å². The maximum absolute atomic E-state index is 13.9. The minimum atomic E-state index is -1.25. The van der Waals surface area contributed by atoms with Crippen molar-refractivity contribution in [2.75, 3.05) is 11.9 Å². The Morgan fingerprint density at radius 2 is 1.88 bits per heavy atom. The number of rotatable bonds is 5. The highest BCUT2D eigenvalue weighted by Crippen LogP contribution is 2.28. The highest BCUT2D eigenvalue weighted by atomic mass is 35.5. The first-order valence-corrected chi connectivity index (χ1v) is 8.01. The summed E-state index contributed by atoms with van der Waals surface area (Å²) in [6, 6.07) is 6.53. The number of aliphatic hydroxyl groups excluding tert-OH is 1. The normalized spacial score (nSPS) is 13.0. The van der Waals surface area contributed by atoms with E-state index in [1.807, 2.05) is 0 Å². The molecule has 0 spiro atoms. The van der Waals surface area contributed by atoms with Gasteiger partial charge in [0.25, 0.3) is 5.69 Å². The van der Waals surface area contributed by atoms with E-state index in [0.29, 0.717) is 21.7 Å².